The number of hydrogen-bond acceptors (Lipinski definition) is 3. The largest absolute Gasteiger partial charge is 0.269 e. The number of rotatable bonds is 2. The highest BCUT2D eigenvalue weighted by molar-refractivity contribution is 6.30. The Balaban J connectivity index is 1.86. The van der Waals surface area contributed by atoms with Gasteiger partial charge in [0.1, 0.15) is 0 Å². The lowest BCUT2D eigenvalue weighted by Crippen LogP contribution is -2.34. The molecule has 0 unspecified atom stereocenters. The van der Waals surface area contributed by atoms with E-state index >= 15 is 0 Å². The summed E-state index contributed by atoms with van der Waals surface area (Å²) >= 11 is 0. The van der Waals surface area contributed by atoms with Crippen LogP contribution in [0.25, 0.3) is 6.08 Å². The van der Waals surface area contributed by atoms with Crippen LogP contribution in [0, 0.1) is 0 Å². The van der Waals surface area contributed by atoms with E-state index < -0.39 is 17.7 Å². The van der Waals surface area contributed by atoms with E-state index in [9.17, 15) is 14.4 Å². The average molecular weight is 277 g/mol. The minimum Gasteiger partial charge on any atom is -0.269 e. The molecule has 0 spiro atoms. The third kappa shape index (κ3) is 2.27. The fraction of sp³-hybridized carbons (Fsp3) is 0. The van der Waals surface area contributed by atoms with E-state index in [0.717, 1.165) is 5.56 Å². The molecular weight excluding hydrogens is 266 g/mol. The minimum atomic E-state index is -0.634. The maximum absolute atomic E-state index is 12.1. The molecule has 0 aromatic heterocycles. The summed E-state index contributed by atoms with van der Waals surface area (Å²) in [5, 5.41) is 0. The van der Waals surface area contributed by atoms with Gasteiger partial charge in [0.2, 0.25) is 0 Å². The monoisotopic (exact) mass is 277 g/mol. The topological polar surface area (TPSA) is 54.5 Å². The highest BCUT2D eigenvalue weighted by atomic mass is 16.2. The third-order valence-corrected chi connectivity index (χ3v) is 3.23. The molecule has 0 aliphatic carbocycles. The predicted molar refractivity (Wildman–Crippen MR) is 77.4 cm³/mol. The predicted octanol–water partition coefficient (Wildman–Crippen LogP) is 2.52. The van der Waals surface area contributed by atoms with Crippen molar-refractivity contribution < 1.29 is 14.4 Å². The second-order valence-electron chi connectivity index (χ2n) is 4.57. The van der Waals surface area contributed by atoms with Crippen LogP contribution in [0.5, 0.6) is 0 Å². The van der Waals surface area contributed by atoms with Crippen LogP contribution in [0.4, 0.5) is 0 Å². The van der Waals surface area contributed by atoms with Gasteiger partial charge in [-0.15, -0.1) is 0 Å². The van der Waals surface area contributed by atoms with Crippen molar-refractivity contribution in [3.05, 3.63) is 77.4 Å². The number of amides is 3. The summed E-state index contributed by atoms with van der Waals surface area (Å²) in [6.45, 7) is 0. The maximum Gasteiger partial charge on any atom is 0.268 e. The van der Waals surface area contributed by atoms with Gasteiger partial charge in [0.15, 0.2) is 0 Å². The molecule has 2 aromatic rings. The van der Waals surface area contributed by atoms with Gasteiger partial charge < -0.3 is 0 Å². The lowest BCUT2D eigenvalue weighted by molar-refractivity contribution is -0.121. The quantitative estimate of drug-likeness (QED) is 0.626. The van der Waals surface area contributed by atoms with Crippen molar-refractivity contribution in [2.45, 2.75) is 0 Å². The summed E-state index contributed by atoms with van der Waals surface area (Å²) in [5.41, 5.74) is 1.36. The Bertz CT molecular complexity index is 728. The molecule has 21 heavy (non-hydrogen) atoms. The van der Waals surface area contributed by atoms with Crippen molar-refractivity contribution in [3.63, 3.8) is 0 Å². The van der Waals surface area contributed by atoms with E-state index in [1.807, 2.05) is 30.3 Å². The SMILES string of the molecule is O=C(/C=C/c1ccccc1)N1C(=O)c2ccccc2C1=O. The molecule has 0 saturated carbocycles. The van der Waals surface area contributed by atoms with Crippen molar-refractivity contribution in [1.82, 2.24) is 4.90 Å². The van der Waals surface area contributed by atoms with Gasteiger partial charge in [-0.3, -0.25) is 14.4 Å². The number of fused-ring (bicyclic) bond motifs is 1. The van der Waals surface area contributed by atoms with Crippen LogP contribution in [0.15, 0.2) is 60.7 Å². The van der Waals surface area contributed by atoms with Crippen molar-refractivity contribution >= 4 is 23.8 Å². The van der Waals surface area contributed by atoms with E-state index in [1.165, 1.54) is 6.08 Å². The Hall–Kier alpha value is -3.01. The van der Waals surface area contributed by atoms with Gasteiger partial charge in [0.05, 0.1) is 11.1 Å². The zero-order valence-electron chi connectivity index (χ0n) is 11.0. The van der Waals surface area contributed by atoms with Crippen LogP contribution >= 0.6 is 0 Å². The molecule has 1 heterocycles. The Labute approximate surface area is 121 Å². The molecule has 0 radical (unpaired) electrons. The van der Waals surface area contributed by atoms with Crippen molar-refractivity contribution in [3.8, 4) is 0 Å². The molecule has 3 rings (SSSR count). The molecule has 0 bridgehead atoms. The molecule has 4 heteroatoms. The van der Waals surface area contributed by atoms with Crippen LogP contribution in [0.1, 0.15) is 26.3 Å². The number of hydrogen-bond donors (Lipinski definition) is 0. The van der Waals surface area contributed by atoms with Crippen LogP contribution in [-0.4, -0.2) is 22.6 Å². The summed E-state index contributed by atoms with van der Waals surface area (Å²) in [7, 11) is 0. The molecule has 0 fully saturated rings. The Morgan fingerprint density at radius 3 is 1.90 bits per heavy atom. The highest BCUT2D eigenvalue weighted by Crippen LogP contribution is 2.22. The van der Waals surface area contributed by atoms with Crippen LogP contribution in [0.3, 0.4) is 0 Å². The van der Waals surface area contributed by atoms with E-state index in [-0.39, 0.29) is 11.1 Å². The number of imide groups is 3. The Morgan fingerprint density at radius 2 is 1.33 bits per heavy atom. The van der Waals surface area contributed by atoms with Crippen LogP contribution in [0.2, 0.25) is 0 Å². The molecule has 1 aliphatic rings. The molecule has 0 N–H and O–H groups in total. The lowest BCUT2D eigenvalue weighted by Gasteiger charge is -2.08. The van der Waals surface area contributed by atoms with E-state index in [4.69, 9.17) is 0 Å². The molecule has 2 aromatic carbocycles. The second kappa shape index (κ2) is 5.17. The van der Waals surface area contributed by atoms with Gasteiger partial charge in [-0.1, -0.05) is 42.5 Å². The zero-order valence-corrected chi connectivity index (χ0v) is 11.0. The van der Waals surface area contributed by atoms with Crippen molar-refractivity contribution in [1.29, 1.82) is 0 Å². The van der Waals surface area contributed by atoms with Gasteiger partial charge >= 0.3 is 0 Å². The second-order valence-corrected chi connectivity index (χ2v) is 4.57. The standard InChI is InChI=1S/C17H11NO3/c19-15(11-10-12-6-2-1-3-7-12)18-16(20)13-8-4-5-9-14(13)17(18)21/h1-11H/b11-10+. The lowest BCUT2D eigenvalue weighted by atomic mass is 10.1. The van der Waals surface area contributed by atoms with E-state index in [1.54, 1.807) is 30.3 Å². The van der Waals surface area contributed by atoms with Crippen molar-refractivity contribution in [2.24, 2.45) is 0 Å². The third-order valence-electron chi connectivity index (χ3n) is 3.23. The summed E-state index contributed by atoms with van der Waals surface area (Å²) in [5.74, 6) is -1.78. The summed E-state index contributed by atoms with van der Waals surface area (Å²) in [6, 6.07) is 15.6. The van der Waals surface area contributed by atoms with Crippen LogP contribution < -0.4 is 0 Å². The molecule has 0 saturated heterocycles. The Morgan fingerprint density at radius 1 is 0.810 bits per heavy atom. The van der Waals surface area contributed by atoms with Gasteiger partial charge in [-0.2, -0.15) is 0 Å². The summed E-state index contributed by atoms with van der Waals surface area (Å²) in [6.07, 6.45) is 2.81. The van der Waals surface area contributed by atoms with E-state index in [0.29, 0.717) is 4.90 Å². The molecule has 0 atom stereocenters. The first-order valence-electron chi connectivity index (χ1n) is 6.43. The molecule has 1 aliphatic heterocycles. The van der Waals surface area contributed by atoms with Crippen LogP contribution in [-0.2, 0) is 4.79 Å². The maximum atomic E-state index is 12.1. The van der Waals surface area contributed by atoms with Gasteiger partial charge in [0, 0.05) is 6.08 Å². The number of benzene rings is 2. The number of carbonyl (C=O) groups is 3. The van der Waals surface area contributed by atoms with E-state index in [2.05, 4.69) is 0 Å². The Kier molecular flexibility index (Phi) is 3.20. The summed E-state index contributed by atoms with van der Waals surface area (Å²) < 4.78 is 0. The van der Waals surface area contributed by atoms with Gasteiger partial charge in [0.25, 0.3) is 17.7 Å². The molecular formula is C17H11NO3. The molecule has 3 amide bonds. The number of carbonyl (C=O) groups excluding carboxylic acids is 3. The summed E-state index contributed by atoms with van der Waals surface area (Å²) in [4.78, 5) is 37.0. The zero-order chi connectivity index (χ0) is 14.8. The average Bonchev–Trinajstić information content (AvgIpc) is 2.78. The number of nitrogens with zero attached hydrogens (tertiary/aromatic N) is 1. The molecule has 102 valence electrons. The first kappa shape index (κ1) is 13.0. The first-order chi connectivity index (χ1) is 10.2. The minimum absolute atomic E-state index is 0.268. The highest BCUT2D eigenvalue weighted by Gasteiger charge is 2.38. The molecule has 4 nitrogen and oxygen atoms in total. The van der Waals surface area contributed by atoms with Gasteiger partial charge in [-0.25, -0.2) is 4.90 Å². The fourth-order valence-electron chi connectivity index (χ4n) is 2.20. The van der Waals surface area contributed by atoms with Crippen molar-refractivity contribution in [2.75, 3.05) is 0 Å². The fourth-order valence-corrected chi connectivity index (χ4v) is 2.20. The smallest absolute Gasteiger partial charge is 0.268 e. The van der Waals surface area contributed by atoms with Gasteiger partial charge in [-0.05, 0) is 23.8 Å². The normalized spacial score (nSPS) is 13.8. The first-order valence-corrected chi connectivity index (χ1v) is 6.43.